The normalized spacial score (nSPS) is 20.7. The van der Waals surface area contributed by atoms with E-state index < -0.39 is 6.04 Å². The smallest absolute Gasteiger partial charge is 0.326 e. The van der Waals surface area contributed by atoms with E-state index in [0.717, 1.165) is 9.37 Å². The molecule has 0 bridgehead atoms. The minimum Gasteiger partial charge on any atom is -0.326 e. The lowest BCUT2D eigenvalue weighted by molar-refractivity contribution is -0.117. The van der Waals surface area contributed by atoms with Gasteiger partial charge in [0.15, 0.2) is 0 Å². The standard InChI is InChI=1S/C10H9BrN2O2/c1-6-9(14)13(10(15)12-6)8-5-3-2-4-7(8)11/h2-6H,1H3,(H,12,15). The van der Waals surface area contributed by atoms with Gasteiger partial charge in [-0.2, -0.15) is 0 Å². The zero-order valence-corrected chi connectivity index (χ0v) is 9.61. The van der Waals surface area contributed by atoms with Gasteiger partial charge in [0.1, 0.15) is 6.04 Å². The molecule has 0 aromatic heterocycles. The van der Waals surface area contributed by atoms with Gasteiger partial charge in [-0.25, -0.2) is 9.69 Å². The van der Waals surface area contributed by atoms with Gasteiger partial charge < -0.3 is 5.32 Å². The van der Waals surface area contributed by atoms with E-state index >= 15 is 0 Å². The van der Waals surface area contributed by atoms with Gasteiger partial charge in [-0.15, -0.1) is 0 Å². The van der Waals surface area contributed by atoms with Crippen molar-refractivity contribution in [3.63, 3.8) is 0 Å². The molecule has 1 aliphatic heterocycles. The van der Waals surface area contributed by atoms with Crippen LogP contribution in [0.5, 0.6) is 0 Å². The maximum Gasteiger partial charge on any atom is 0.329 e. The molecule has 1 N–H and O–H groups in total. The Morgan fingerprint density at radius 2 is 2.00 bits per heavy atom. The van der Waals surface area contributed by atoms with Crippen LogP contribution in [0, 0.1) is 0 Å². The van der Waals surface area contributed by atoms with Crippen LogP contribution in [0.2, 0.25) is 0 Å². The Kier molecular flexibility index (Phi) is 2.48. The number of nitrogens with one attached hydrogen (secondary N) is 1. The van der Waals surface area contributed by atoms with Gasteiger partial charge in [-0.05, 0) is 35.0 Å². The zero-order chi connectivity index (χ0) is 11.0. The number of carbonyl (C=O) groups is 2. The van der Waals surface area contributed by atoms with Crippen LogP contribution in [0.4, 0.5) is 10.5 Å². The highest BCUT2D eigenvalue weighted by Gasteiger charge is 2.36. The second-order valence-electron chi connectivity index (χ2n) is 3.30. The van der Waals surface area contributed by atoms with Crippen LogP contribution >= 0.6 is 15.9 Å². The number of nitrogens with zero attached hydrogens (tertiary/aromatic N) is 1. The number of urea groups is 1. The number of amides is 3. The number of anilines is 1. The Balaban J connectivity index is 2.44. The SMILES string of the molecule is CC1NC(=O)N(c2ccccc2Br)C1=O. The first-order valence-electron chi connectivity index (χ1n) is 4.50. The molecule has 0 saturated carbocycles. The van der Waals surface area contributed by atoms with E-state index in [1.807, 2.05) is 6.07 Å². The highest BCUT2D eigenvalue weighted by atomic mass is 79.9. The van der Waals surface area contributed by atoms with Crippen molar-refractivity contribution >= 4 is 33.6 Å². The fourth-order valence-corrected chi connectivity index (χ4v) is 1.93. The number of hydrogen-bond donors (Lipinski definition) is 1. The van der Waals surface area contributed by atoms with Crippen molar-refractivity contribution in [3.05, 3.63) is 28.7 Å². The van der Waals surface area contributed by atoms with Crippen LogP contribution in [-0.2, 0) is 4.79 Å². The third-order valence-electron chi connectivity index (χ3n) is 2.23. The van der Waals surface area contributed by atoms with Gasteiger partial charge in [-0.1, -0.05) is 12.1 Å². The van der Waals surface area contributed by atoms with Gasteiger partial charge in [-0.3, -0.25) is 4.79 Å². The Morgan fingerprint density at radius 1 is 1.33 bits per heavy atom. The summed E-state index contributed by atoms with van der Waals surface area (Å²) in [5, 5.41) is 2.56. The monoisotopic (exact) mass is 268 g/mol. The predicted octanol–water partition coefficient (Wildman–Crippen LogP) is 1.89. The summed E-state index contributed by atoms with van der Waals surface area (Å²) in [6.07, 6.45) is 0. The molecule has 1 aromatic carbocycles. The Bertz CT molecular complexity index is 433. The molecule has 0 spiro atoms. The number of imide groups is 1. The first-order valence-corrected chi connectivity index (χ1v) is 5.29. The van der Waals surface area contributed by atoms with Crippen molar-refractivity contribution in [2.45, 2.75) is 13.0 Å². The highest BCUT2D eigenvalue weighted by Crippen LogP contribution is 2.28. The third kappa shape index (κ3) is 1.63. The van der Waals surface area contributed by atoms with Crippen molar-refractivity contribution in [2.75, 3.05) is 4.90 Å². The molecule has 2 rings (SSSR count). The van der Waals surface area contributed by atoms with E-state index in [4.69, 9.17) is 0 Å². The van der Waals surface area contributed by atoms with E-state index in [1.165, 1.54) is 0 Å². The second kappa shape index (κ2) is 3.66. The summed E-state index contributed by atoms with van der Waals surface area (Å²) in [5.41, 5.74) is 0.573. The van der Waals surface area contributed by atoms with Crippen LogP contribution in [-0.4, -0.2) is 18.0 Å². The summed E-state index contributed by atoms with van der Waals surface area (Å²) in [6, 6.07) is 6.29. The van der Waals surface area contributed by atoms with E-state index in [9.17, 15) is 9.59 Å². The third-order valence-corrected chi connectivity index (χ3v) is 2.90. The lowest BCUT2D eigenvalue weighted by atomic mass is 10.3. The summed E-state index contributed by atoms with van der Waals surface area (Å²) < 4.78 is 0.725. The lowest BCUT2D eigenvalue weighted by Gasteiger charge is -2.13. The van der Waals surface area contributed by atoms with Crippen molar-refractivity contribution < 1.29 is 9.59 Å². The van der Waals surface area contributed by atoms with Gasteiger partial charge in [0, 0.05) is 4.47 Å². The van der Waals surface area contributed by atoms with Gasteiger partial charge >= 0.3 is 6.03 Å². The summed E-state index contributed by atoms with van der Waals surface area (Å²) in [6.45, 7) is 1.66. The first-order chi connectivity index (χ1) is 7.11. The maximum atomic E-state index is 11.7. The fraction of sp³-hybridized carbons (Fsp3) is 0.200. The van der Waals surface area contributed by atoms with Crippen molar-refractivity contribution in [1.82, 2.24) is 5.32 Å². The summed E-state index contributed by atoms with van der Waals surface area (Å²) in [7, 11) is 0. The largest absolute Gasteiger partial charge is 0.329 e. The van der Waals surface area contributed by atoms with Crippen LogP contribution in [0.1, 0.15) is 6.92 Å². The molecule has 1 aromatic rings. The van der Waals surface area contributed by atoms with Gasteiger partial charge in [0.05, 0.1) is 5.69 Å². The lowest BCUT2D eigenvalue weighted by Crippen LogP contribution is -2.31. The molecular weight excluding hydrogens is 260 g/mol. The van der Waals surface area contributed by atoms with Crippen LogP contribution in [0.3, 0.4) is 0 Å². The van der Waals surface area contributed by atoms with Crippen molar-refractivity contribution in [3.8, 4) is 0 Å². The number of para-hydroxylation sites is 1. The first kappa shape index (κ1) is 10.2. The van der Waals surface area contributed by atoms with Crippen molar-refractivity contribution in [2.24, 2.45) is 0 Å². The van der Waals surface area contributed by atoms with E-state index in [1.54, 1.807) is 25.1 Å². The number of rotatable bonds is 1. The number of halogens is 1. The molecule has 0 aliphatic carbocycles. The molecule has 3 amide bonds. The minimum absolute atomic E-state index is 0.230. The van der Waals surface area contributed by atoms with Crippen LogP contribution in [0.15, 0.2) is 28.7 Å². The molecule has 78 valence electrons. The molecule has 1 aliphatic rings. The van der Waals surface area contributed by atoms with Gasteiger partial charge in [0.2, 0.25) is 0 Å². The Morgan fingerprint density at radius 3 is 2.53 bits per heavy atom. The second-order valence-corrected chi connectivity index (χ2v) is 4.15. The molecule has 1 unspecified atom stereocenters. The molecular formula is C10H9BrN2O2. The average molecular weight is 269 g/mol. The molecule has 1 atom stereocenters. The molecule has 1 heterocycles. The number of hydrogen-bond acceptors (Lipinski definition) is 2. The highest BCUT2D eigenvalue weighted by molar-refractivity contribution is 9.10. The molecule has 0 radical (unpaired) electrons. The van der Waals surface area contributed by atoms with E-state index in [0.29, 0.717) is 5.69 Å². The van der Waals surface area contributed by atoms with Gasteiger partial charge in [0.25, 0.3) is 5.91 Å². The average Bonchev–Trinajstić information content (AvgIpc) is 2.43. The van der Waals surface area contributed by atoms with E-state index in [2.05, 4.69) is 21.2 Å². The summed E-state index contributed by atoms with van der Waals surface area (Å²) in [4.78, 5) is 24.4. The molecule has 15 heavy (non-hydrogen) atoms. The summed E-state index contributed by atoms with van der Waals surface area (Å²) >= 11 is 3.31. The molecule has 1 saturated heterocycles. The Labute approximate surface area is 95.4 Å². The number of benzene rings is 1. The zero-order valence-electron chi connectivity index (χ0n) is 8.03. The molecule has 1 fully saturated rings. The van der Waals surface area contributed by atoms with Crippen LogP contribution in [0.25, 0.3) is 0 Å². The molecule has 5 heteroatoms. The van der Waals surface area contributed by atoms with Crippen LogP contribution < -0.4 is 10.2 Å². The minimum atomic E-state index is -0.454. The Hall–Kier alpha value is -1.36. The quantitative estimate of drug-likeness (QED) is 0.791. The van der Waals surface area contributed by atoms with Crippen molar-refractivity contribution in [1.29, 1.82) is 0 Å². The maximum absolute atomic E-state index is 11.7. The fourth-order valence-electron chi connectivity index (χ4n) is 1.47. The van der Waals surface area contributed by atoms with E-state index in [-0.39, 0.29) is 11.9 Å². The topological polar surface area (TPSA) is 49.4 Å². The summed E-state index contributed by atoms with van der Waals surface area (Å²) in [5.74, 6) is -0.230. The number of carbonyl (C=O) groups excluding carboxylic acids is 2. The predicted molar refractivity (Wildman–Crippen MR) is 59.6 cm³/mol. The molecule has 4 nitrogen and oxygen atoms in total.